The van der Waals surface area contributed by atoms with E-state index in [2.05, 4.69) is 9.97 Å². The first-order valence-electron chi connectivity index (χ1n) is 9.94. The molecule has 0 aliphatic carbocycles. The fraction of sp³-hybridized carbons (Fsp3) is 0.429. The highest BCUT2D eigenvalue weighted by atomic mass is 19.1. The largest absolute Gasteiger partial charge is 0.342 e. The van der Waals surface area contributed by atoms with E-state index in [1.807, 2.05) is 11.0 Å². The number of ether oxygens (including phenoxy) is 1. The van der Waals surface area contributed by atoms with Crippen molar-refractivity contribution in [3.8, 4) is 6.07 Å². The molecule has 3 aliphatic heterocycles. The van der Waals surface area contributed by atoms with Crippen LogP contribution in [-0.2, 0) is 9.53 Å². The lowest BCUT2D eigenvalue weighted by Crippen LogP contribution is -2.50. The fourth-order valence-corrected chi connectivity index (χ4v) is 4.77. The zero-order chi connectivity index (χ0) is 20.9. The van der Waals surface area contributed by atoms with Crippen LogP contribution in [0.3, 0.4) is 0 Å². The van der Waals surface area contributed by atoms with Crippen molar-refractivity contribution in [3.63, 3.8) is 0 Å². The third-order valence-electron chi connectivity index (χ3n) is 6.20. The van der Waals surface area contributed by atoms with E-state index in [0.717, 1.165) is 6.07 Å². The van der Waals surface area contributed by atoms with E-state index in [1.54, 1.807) is 17.2 Å². The van der Waals surface area contributed by atoms with Crippen molar-refractivity contribution in [1.29, 1.82) is 5.26 Å². The van der Waals surface area contributed by atoms with Gasteiger partial charge in [-0.3, -0.25) is 4.79 Å². The fourth-order valence-electron chi connectivity index (χ4n) is 4.77. The minimum absolute atomic E-state index is 0.119. The van der Waals surface area contributed by atoms with E-state index >= 15 is 0 Å². The molecule has 1 spiro atoms. The normalized spacial score (nSPS) is 24.9. The molecular formula is C21H19F2N5O2. The highest BCUT2D eigenvalue weighted by molar-refractivity contribution is 5.88. The summed E-state index contributed by atoms with van der Waals surface area (Å²) >= 11 is 0. The number of rotatable bonds is 2. The van der Waals surface area contributed by atoms with Gasteiger partial charge >= 0.3 is 0 Å². The van der Waals surface area contributed by atoms with Crippen LogP contribution in [0.5, 0.6) is 0 Å². The maximum absolute atomic E-state index is 13.7. The molecule has 0 bridgehead atoms. The maximum Gasteiger partial charge on any atom is 0.257 e. The third-order valence-corrected chi connectivity index (χ3v) is 6.20. The van der Waals surface area contributed by atoms with Crippen molar-refractivity contribution in [2.24, 2.45) is 0 Å². The van der Waals surface area contributed by atoms with Crippen LogP contribution in [0.2, 0.25) is 0 Å². The Labute approximate surface area is 171 Å². The molecule has 1 aromatic heterocycles. The minimum Gasteiger partial charge on any atom is -0.342 e. The van der Waals surface area contributed by atoms with Gasteiger partial charge in [0.1, 0.15) is 29.6 Å². The maximum atomic E-state index is 13.7. The first kappa shape index (κ1) is 18.9. The summed E-state index contributed by atoms with van der Waals surface area (Å²) in [5.41, 5.74) is -0.180. The van der Waals surface area contributed by atoms with Gasteiger partial charge in [0, 0.05) is 38.2 Å². The number of hydrogen-bond donors (Lipinski definition) is 0. The van der Waals surface area contributed by atoms with E-state index in [-0.39, 0.29) is 18.2 Å². The predicted octanol–water partition coefficient (Wildman–Crippen LogP) is 2.69. The van der Waals surface area contributed by atoms with Gasteiger partial charge in [-0.05, 0) is 36.6 Å². The van der Waals surface area contributed by atoms with Crippen molar-refractivity contribution in [2.45, 2.75) is 43.6 Å². The topological polar surface area (TPSA) is 82.4 Å². The van der Waals surface area contributed by atoms with Crippen LogP contribution < -0.4 is 4.90 Å². The number of anilines is 1. The molecular weight excluding hydrogens is 392 g/mol. The second-order valence-corrected chi connectivity index (χ2v) is 7.92. The lowest BCUT2D eigenvalue weighted by atomic mass is 9.89. The zero-order valence-electron chi connectivity index (χ0n) is 16.1. The van der Waals surface area contributed by atoms with Crippen LogP contribution in [0.25, 0.3) is 0 Å². The molecule has 4 heterocycles. The Balaban J connectivity index is 1.34. The number of carbonyl (C=O) groups is 1. The van der Waals surface area contributed by atoms with Crippen LogP contribution in [-0.4, -0.2) is 45.7 Å². The average molecular weight is 411 g/mol. The summed E-state index contributed by atoms with van der Waals surface area (Å²) in [5, 5.41) is 9.03. The summed E-state index contributed by atoms with van der Waals surface area (Å²) in [6.07, 6.45) is 3.33. The van der Waals surface area contributed by atoms with Gasteiger partial charge in [-0.2, -0.15) is 5.26 Å². The van der Waals surface area contributed by atoms with Gasteiger partial charge in [-0.15, -0.1) is 0 Å². The molecule has 3 aliphatic rings. The van der Waals surface area contributed by atoms with Crippen molar-refractivity contribution in [2.75, 3.05) is 18.0 Å². The number of halogens is 2. The third kappa shape index (κ3) is 2.99. The summed E-state index contributed by atoms with van der Waals surface area (Å²) in [4.78, 5) is 25.4. The zero-order valence-corrected chi connectivity index (χ0v) is 16.1. The smallest absolute Gasteiger partial charge is 0.257 e. The van der Waals surface area contributed by atoms with Crippen molar-refractivity contribution in [1.82, 2.24) is 14.9 Å². The summed E-state index contributed by atoms with van der Waals surface area (Å²) in [6.45, 7) is 1.03. The number of amides is 1. The molecule has 9 heteroatoms. The average Bonchev–Trinajstić information content (AvgIpc) is 3.26. The Bertz CT molecular complexity index is 1030. The van der Waals surface area contributed by atoms with Gasteiger partial charge in [0.15, 0.2) is 5.60 Å². The van der Waals surface area contributed by atoms with E-state index < -0.39 is 17.2 Å². The predicted molar refractivity (Wildman–Crippen MR) is 101 cm³/mol. The first-order valence-corrected chi connectivity index (χ1v) is 9.94. The Morgan fingerprint density at radius 3 is 2.60 bits per heavy atom. The number of fused-ring (bicyclic) bond motifs is 1. The molecule has 0 saturated carbocycles. The first-order chi connectivity index (χ1) is 14.5. The summed E-state index contributed by atoms with van der Waals surface area (Å²) in [7, 11) is 0. The van der Waals surface area contributed by atoms with E-state index in [1.165, 1.54) is 12.1 Å². The molecule has 0 radical (unpaired) electrons. The standard InChI is InChI=1S/C21H19F2N5O2/c22-14-9-13(10-15(23)11-14)17-1-2-18-28(17)19(29)21(30-18)4-7-27(8-5-21)20-25-6-3-16(12-24)26-20/h3,6,9-11,17-18H,1-2,4-5,7-8H2. The Morgan fingerprint density at radius 1 is 1.17 bits per heavy atom. The number of piperidine rings is 1. The second-order valence-electron chi connectivity index (χ2n) is 7.92. The summed E-state index contributed by atoms with van der Waals surface area (Å²) in [5.74, 6) is -0.957. The van der Waals surface area contributed by atoms with Crippen molar-refractivity contribution >= 4 is 11.9 Å². The Kier molecular flexibility index (Phi) is 4.40. The lowest BCUT2D eigenvalue weighted by molar-refractivity contribution is -0.140. The van der Waals surface area contributed by atoms with Crippen molar-refractivity contribution in [3.05, 3.63) is 53.4 Å². The molecule has 7 nitrogen and oxygen atoms in total. The molecule has 5 rings (SSSR count). The van der Waals surface area contributed by atoms with Gasteiger partial charge in [0.2, 0.25) is 5.95 Å². The van der Waals surface area contributed by atoms with Gasteiger partial charge in [-0.1, -0.05) is 0 Å². The van der Waals surface area contributed by atoms with Crippen LogP contribution >= 0.6 is 0 Å². The monoisotopic (exact) mass is 411 g/mol. The molecule has 1 amide bonds. The van der Waals surface area contributed by atoms with Crippen LogP contribution in [0.15, 0.2) is 30.5 Å². The quantitative estimate of drug-likeness (QED) is 0.756. The highest BCUT2D eigenvalue weighted by Crippen LogP contribution is 2.47. The Morgan fingerprint density at radius 2 is 1.90 bits per heavy atom. The molecule has 3 fully saturated rings. The lowest BCUT2D eigenvalue weighted by Gasteiger charge is -2.37. The molecule has 1 aromatic carbocycles. The van der Waals surface area contributed by atoms with Gasteiger partial charge in [-0.25, -0.2) is 18.7 Å². The number of hydrogen-bond acceptors (Lipinski definition) is 6. The van der Waals surface area contributed by atoms with E-state index in [9.17, 15) is 13.6 Å². The molecule has 30 heavy (non-hydrogen) atoms. The molecule has 0 N–H and O–H groups in total. The van der Waals surface area contributed by atoms with Crippen LogP contribution in [0, 0.1) is 23.0 Å². The SMILES string of the molecule is N#Cc1ccnc(N2CCC3(CC2)OC2CCC(c4cc(F)cc(F)c4)N2C3=O)n1. The van der Waals surface area contributed by atoms with Crippen molar-refractivity contribution < 1.29 is 18.3 Å². The molecule has 2 unspecified atom stereocenters. The summed E-state index contributed by atoms with van der Waals surface area (Å²) < 4.78 is 33.7. The van der Waals surface area contributed by atoms with E-state index in [4.69, 9.17) is 10.00 Å². The Hall–Kier alpha value is -3.12. The number of aromatic nitrogens is 2. The van der Waals surface area contributed by atoms with Gasteiger partial charge < -0.3 is 14.5 Å². The van der Waals surface area contributed by atoms with Gasteiger partial charge in [0.05, 0.1) is 6.04 Å². The minimum atomic E-state index is -0.932. The molecule has 2 atom stereocenters. The molecule has 154 valence electrons. The summed E-state index contributed by atoms with van der Waals surface area (Å²) in [6, 6.07) is 6.57. The molecule has 3 saturated heterocycles. The number of benzene rings is 1. The van der Waals surface area contributed by atoms with Crippen LogP contribution in [0.4, 0.5) is 14.7 Å². The van der Waals surface area contributed by atoms with Crippen LogP contribution in [0.1, 0.15) is 43.0 Å². The highest BCUT2D eigenvalue weighted by Gasteiger charge is 2.58. The molecule has 2 aromatic rings. The van der Waals surface area contributed by atoms with E-state index in [0.29, 0.717) is 56.0 Å². The second kappa shape index (κ2) is 6.99. The number of carbonyl (C=O) groups excluding carboxylic acids is 1. The van der Waals surface area contributed by atoms with Gasteiger partial charge in [0.25, 0.3) is 5.91 Å². The number of nitriles is 1. The number of nitrogens with zero attached hydrogens (tertiary/aromatic N) is 5.